The third kappa shape index (κ3) is 4.03. The Morgan fingerprint density at radius 2 is 2.11 bits per heavy atom. The Labute approximate surface area is 121 Å². The Morgan fingerprint density at radius 1 is 1.42 bits per heavy atom. The zero-order valence-electron chi connectivity index (χ0n) is 11.4. The average molecular weight is 285 g/mol. The highest BCUT2D eigenvalue weighted by atomic mass is 35.5. The first-order chi connectivity index (χ1) is 8.72. The van der Waals surface area contributed by atoms with Crippen LogP contribution in [-0.4, -0.2) is 31.1 Å². The van der Waals surface area contributed by atoms with Crippen molar-refractivity contribution in [1.82, 2.24) is 10.2 Å². The van der Waals surface area contributed by atoms with E-state index in [0.717, 1.165) is 38.2 Å². The molecule has 0 radical (unpaired) electrons. The Hall–Kier alpha value is -0.900. The molecule has 1 aromatic carbocycles. The molecule has 2 nitrogen and oxygen atoms in total. The zero-order chi connectivity index (χ0) is 13.0. The fourth-order valence-corrected chi connectivity index (χ4v) is 2.46. The smallest absolute Gasteiger partial charge is 0.126 e. The van der Waals surface area contributed by atoms with Crippen LogP contribution in [0.3, 0.4) is 0 Å². The molecule has 0 aliphatic carbocycles. The molecule has 0 saturated carbocycles. The van der Waals surface area contributed by atoms with E-state index in [4.69, 9.17) is 0 Å². The van der Waals surface area contributed by atoms with Gasteiger partial charge in [-0.15, -0.1) is 19.0 Å². The molecule has 1 fully saturated rings. The lowest BCUT2D eigenvalue weighted by Crippen LogP contribution is -2.45. The number of piperazine rings is 1. The SMILES string of the molecule is C=CC[C@@H](c1ccc(C)c(F)c1)N1CCNCC1.Cl. The van der Waals surface area contributed by atoms with Crippen LogP contribution in [0, 0.1) is 12.7 Å². The van der Waals surface area contributed by atoms with Gasteiger partial charge in [0.2, 0.25) is 0 Å². The van der Waals surface area contributed by atoms with Crippen LogP contribution >= 0.6 is 12.4 Å². The molecule has 0 amide bonds. The second-order valence-corrected chi connectivity index (χ2v) is 4.83. The van der Waals surface area contributed by atoms with Crippen molar-refractivity contribution in [3.63, 3.8) is 0 Å². The first kappa shape index (κ1) is 16.2. The number of hydrogen-bond donors (Lipinski definition) is 1. The van der Waals surface area contributed by atoms with Gasteiger partial charge in [0.15, 0.2) is 0 Å². The maximum absolute atomic E-state index is 13.7. The summed E-state index contributed by atoms with van der Waals surface area (Å²) in [7, 11) is 0. The summed E-state index contributed by atoms with van der Waals surface area (Å²) in [6, 6.07) is 5.82. The van der Waals surface area contributed by atoms with Gasteiger partial charge >= 0.3 is 0 Å². The molecule has 1 N–H and O–H groups in total. The van der Waals surface area contributed by atoms with Gasteiger partial charge in [-0.3, -0.25) is 4.90 Å². The van der Waals surface area contributed by atoms with Crippen LogP contribution in [0.25, 0.3) is 0 Å². The minimum absolute atomic E-state index is 0. The standard InChI is InChI=1S/C15H21FN2.ClH/c1-3-4-15(18-9-7-17-8-10-18)13-6-5-12(2)14(16)11-13;/h3,5-6,11,15,17H,1,4,7-10H2,2H3;1H/t15-;/m0./s1. The Bertz CT molecular complexity index is 417. The average Bonchev–Trinajstić information content (AvgIpc) is 2.40. The Kier molecular flexibility index (Phi) is 6.49. The van der Waals surface area contributed by atoms with Crippen molar-refractivity contribution in [2.45, 2.75) is 19.4 Å². The van der Waals surface area contributed by atoms with Crippen LogP contribution in [0.2, 0.25) is 0 Å². The summed E-state index contributed by atoms with van der Waals surface area (Å²) in [4.78, 5) is 2.41. The van der Waals surface area contributed by atoms with Crippen LogP contribution in [0.1, 0.15) is 23.6 Å². The number of halogens is 2. The van der Waals surface area contributed by atoms with Gasteiger partial charge < -0.3 is 5.32 Å². The van der Waals surface area contributed by atoms with Crippen molar-refractivity contribution >= 4 is 12.4 Å². The maximum Gasteiger partial charge on any atom is 0.126 e. The number of rotatable bonds is 4. The van der Waals surface area contributed by atoms with Gasteiger partial charge in [0.05, 0.1) is 0 Å². The number of hydrogen-bond acceptors (Lipinski definition) is 2. The van der Waals surface area contributed by atoms with E-state index in [9.17, 15) is 4.39 Å². The molecule has 1 aliphatic heterocycles. The lowest BCUT2D eigenvalue weighted by Gasteiger charge is -2.34. The molecular formula is C15H22ClFN2. The van der Waals surface area contributed by atoms with E-state index in [1.54, 1.807) is 13.0 Å². The zero-order valence-corrected chi connectivity index (χ0v) is 12.2. The molecule has 1 atom stereocenters. The largest absolute Gasteiger partial charge is 0.314 e. The van der Waals surface area contributed by atoms with Gasteiger partial charge in [-0.1, -0.05) is 18.2 Å². The molecule has 1 saturated heterocycles. The molecule has 1 aromatic rings. The van der Waals surface area contributed by atoms with Gasteiger partial charge in [0.25, 0.3) is 0 Å². The summed E-state index contributed by atoms with van der Waals surface area (Å²) >= 11 is 0. The van der Waals surface area contributed by atoms with E-state index >= 15 is 0 Å². The predicted octanol–water partition coefficient (Wildman–Crippen LogP) is 3.08. The molecular weight excluding hydrogens is 263 g/mol. The number of nitrogens with zero attached hydrogens (tertiary/aromatic N) is 1. The van der Waals surface area contributed by atoms with E-state index in [0.29, 0.717) is 5.56 Å². The van der Waals surface area contributed by atoms with Gasteiger partial charge in [0, 0.05) is 32.2 Å². The van der Waals surface area contributed by atoms with Gasteiger partial charge in [-0.05, 0) is 30.5 Å². The molecule has 19 heavy (non-hydrogen) atoms. The molecule has 0 unspecified atom stereocenters. The van der Waals surface area contributed by atoms with Crippen LogP contribution < -0.4 is 5.32 Å². The summed E-state index contributed by atoms with van der Waals surface area (Å²) in [6.45, 7) is 9.64. The van der Waals surface area contributed by atoms with Gasteiger partial charge in [-0.2, -0.15) is 0 Å². The highest BCUT2D eigenvalue weighted by Gasteiger charge is 2.21. The Balaban J connectivity index is 0.00000180. The van der Waals surface area contributed by atoms with Crippen molar-refractivity contribution < 1.29 is 4.39 Å². The van der Waals surface area contributed by atoms with E-state index in [1.807, 2.05) is 18.2 Å². The quantitative estimate of drug-likeness (QED) is 0.855. The van der Waals surface area contributed by atoms with Crippen molar-refractivity contribution in [2.75, 3.05) is 26.2 Å². The van der Waals surface area contributed by atoms with E-state index in [-0.39, 0.29) is 24.3 Å². The molecule has 0 aromatic heterocycles. The molecule has 1 aliphatic rings. The third-order valence-corrected chi connectivity index (χ3v) is 3.56. The van der Waals surface area contributed by atoms with Crippen LogP contribution in [-0.2, 0) is 0 Å². The number of nitrogens with one attached hydrogen (secondary N) is 1. The highest BCUT2D eigenvalue weighted by molar-refractivity contribution is 5.85. The van der Waals surface area contributed by atoms with E-state index in [1.165, 1.54) is 0 Å². The molecule has 0 bridgehead atoms. The second-order valence-electron chi connectivity index (χ2n) is 4.83. The lowest BCUT2D eigenvalue weighted by molar-refractivity contribution is 0.174. The topological polar surface area (TPSA) is 15.3 Å². The van der Waals surface area contributed by atoms with Crippen LogP contribution in [0.5, 0.6) is 0 Å². The summed E-state index contributed by atoms with van der Waals surface area (Å²) in [5.74, 6) is -0.114. The molecule has 106 valence electrons. The predicted molar refractivity (Wildman–Crippen MR) is 80.4 cm³/mol. The second kappa shape index (κ2) is 7.63. The summed E-state index contributed by atoms with van der Waals surface area (Å²) in [5, 5.41) is 3.34. The monoisotopic (exact) mass is 284 g/mol. The van der Waals surface area contributed by atoms with Crippen molar-refractivity contribution in [3.05, 3.63) is 47.8 Å². The Morgan fingerprint density at radius 3 is 2.68 bits per heavy atom. The van der Waals surface area contributed by atoms with E-state index in [2.05, 4.69) is 16.8 Å². The summed E-state index contributed by atoms with van der Waals surface area (Å²) in [6.07, 6.45) is 2.78. The van der Waals surface area contributed by atoms with Crippen molar-refractivity contribution in [2.24, 2.45) is 0 Å². The van der Waals surface area contributed by atoms with Crippen LogP contribution in [0.15, 0.2) is 30.9 Å². The van der Waals surface area contributed by atoms with Crippen LogP contribution in [0.4, 0.5) is 4.39 Å². The first-order valence-corrected chi connectivity index (χ1v) is 6.54. The highest BCUT2D eigenvalue weighted by Crippen LogP contribution is 2.26. The minimum Gasteiger partial charge on any atom is -0.314 e. The van der Waals surface area contributed by atoms with Crippen molar-refractivity contribution in [1.29, 1.82) is 0 Å². The lowest BCUT2D eigenvalue weighted by atomic mass is 9.99. The van der Waals surface area contributed by atoms with Gasteiger partial charge in [-0.25, -0.2) is 4.39 Å². The van der Waals surface area contributed by atoms with Gasteiger partial charge in [0.1, 0.15) is 5.82 Å². The molecule has 0 spiro atoms. The van der Waals surface area contributed by atoms with Crippen molar-refractivity contribution in [3.8, 4) is 0 Å². The summed E-state index contributed by atoms with van der Waals surface area (Å²) < 4.78 is 13.7. The number of aryl methyl sites for hydroxylation is 1. The fourth-order valence-electron chi connectivity index (χ4n) is 2.46. The minimum atomic E-state index is -0.114. The molecule has 2 rings (SSSR count). The molecule has 4 heteroatoms. The third-order valence-electron chi connectivity index (χ3n) is 3.56. The first-order valence-electron chi connectivity index (χ1n) is 6.54. The molecule has 1 heterocycles. The van der Waals surface area contributed by atoms with E-state index < -0.39 is 0 Å². The summed E-state index contributed by atoms with van der Waals surface area (Å²) in [5.41, 5.74) is 1.76. The fraction of sp³-hybridized carbons (Fsp3) is 0.467. The normalized spacial score (nSPS) is 17.6. The number of benzene rings is 1. The maximum atomic E-state index is 13.7.